The third-order valence-corrected chi connectivity index (χ3v) is 2.70. The average Bonchev–Trinajstić information content (AvgIpc) is 2.39. The molecule has 0 bridgehead atoms. The van der Waals surface area contributed by atoms with Crippen molar-refractivity contribution in [1.29, 1.82) is 0 Å². The van der Waals surface area contributed by atoms with E-state index in [9.17, 15) is 9.59 Å². The van der Waals surface area contributed by atoms with Crippen LogP contribution in [0.25, 0.3) is 0 Å². The molecule has 1 aromatic rings. The minimum Gasteiger partial charge on any atom is -0.480 e. The zero-order valence-electron chi connectivity index (χ0n) is 11.1. The number of carboxylic acid groups (broad SMARTS) is 1. The molecule has 5 nitrogen and oxygen atoms in total. The third kappa shape index (κ3) is 4.06. The Labute approximate surface area is 112 Å². The lowest BCUT2D eigenvalue weighted by atomic mass is 9.92. The second-order valence-corrected chi connectivity index (χ2v) is 4.34. The van der Waals surface area contributed by atoms with Gasteiger partial charge in [-0.1, -0.05) is 30.3 Å². The summed E-state index contributed by atoms with van der Waals surface area (Å²) in [6, 6.07) is 9.33. The molecule has 5 heteroatoms. The standard InChI is InChI=1S/C14H18O5/c1-3-19-13(17)14(2,12(15)16)10-18-9-11-7-5-4-6-8-11/h4-8H,3,9-10H2,1-2H3,(H,15,16)/t14-/m0/s1. The topological polar surface area (TPSA) is 72.8 Å². The molecule has 1 aromatic carbocycles. The van der Waals surface area contributed by atoms with Crippen LogP contribution in [0, 0.1) is 5.41 Å². The largest absolute Gasteiger partial charge is 0.480 e. The van der Waals surface area contributed by atoms with Crippen molar-refractivity contribution in [1.82, 2.24) is 0 Å². The number of esters is 1. The highest BCUT2D eigenvalue weighted by Gasteiger charge is 2.43. The molecule has 0 aliphatic heterocycles. The minimum absolute atomic E-state index is 0.139. The summed E-state index contributed by atoms with van der Waals surface area (Å²) >= 11 is 0. The highest BCUT2D eigenvalue weighted by atomic mass is 16.5. The number of rotatable bonds is 7. The fraction of sp³-hybridized carbons (Fsp3) is 0.429. The lowest BCUT2D eigenvalue weighted by molar-refractivity contribution is -0.172. The highest BCUT2D eigenvalue weighted by molar-refractivity contribution is 5.98. The van der Waals surface area contributed by atoms with Crippen LogP contribution in [0.4, 0.5) is 0 Å². The Bertz CT molecular complexity index is 429. The van der Waals surface area contributed by atoms with Crippen molar-refractivity contribution in [2.24, 2.45) is 5.41 Å². The number of carboxylic acids is 1. The third-order valence-electron chi connectivity index (χ3n) is 2.70. The maximum Gasteiger partial charge on any atom is 0.325 e. The molecule has 0 aliphatic carbocycles. The van der Waals surface area contributed by atoms with Gasteiger partial charge in [0.2, 0.25) is 0 Å². The molecule has 1 atom stereocenters. The van der Waals surface area contributed by atoms with Crippen molar-refractivity contribution in [3.63, 3.8) is 0 Å². The van der Waals surface area contributed by atoms with Crippen molar-refractivity contribution in [2.75, 3.05) is 13.2 Å². The van der Waals surface area contributed by atoms with Gasteiger partial charge in [0.05, 0.1) is 19.8 Å². The molecule has 0 saturated carbocycles. The lowest BCUT2D eigenvalue weighted by Crippen LogP contribution is -2.42. The lowest BCUT2D eigenvalue weighted by Gasteiger charge is -2.22. The van der Waals surface area contributed by atoms with Crippen LogP contribution in [0.5, 0.6) is 0 Å². The van der Waals surface area contributed by atoms with Gasteiger partial charge in [0, 0.05) is 0 Å². The molecule has 1 rings (SSSR count). The maximum atomic E-state index is 11.7. The summed E-state index contributed by atoms with van der Waals surface area (Å²) in [5.41, 5.74) is -0.760. The number of hydrogen-bond acceptors (Lipinski definition) is 4. The van der Waals surface area contributed by atoms with E-state index >= 15 is 0 Å². The maximum absolute atomic E-state index is 11.7. The van der Waals surface area contributed by atoms with Gasteiger partial charge in [-0.25, -0.2) is 0 Å². The predicted octanol–water partition coefficient (Wildman–Crippen LogP) is 1.86. The van der Waals surface area contributed by atoms with Gasteiger partial charge < -0.3 is 14.6 Å². The number of aliphatic carboxylic acids is 1. The summed E-state index contributed by atoms with van der Waals surface area (Å²) in [6.45, 7) is 3.10. The molecule has 0 aromatic heterocycles. The van der Waals surface area contributed by atoms with E-state index in [0.29, 0.717) is 0 Å². The number of hydrogen-bond donors (Lipinski definition) is 1. The first-order valence-corrected chi connectivity index (χ1v) is 6.03. The first kappa shape index (κ1) is 15.2. The fourth-order valence-electron chi connectivity index (χ4n) is 1.45. The average molecular weight is 266 g/mol. The van der Waals surface area contributed by atoms with Crippen LogP contribution in [0.2, 0.25) is 0 Å². The van der Waals surface area contributed by atoms with Crippen molar-refractivity contribution in [2.45, 2.75) is 20.5 Å². The molecule has 0 unspecified atom stereocenters. The zero-order valence-corrected chi connectivity index (χ0v) is 11.1. The molecule has 19 heavy (non-hydrogen) atoms. The first-order chi connectivity index (χ1) is 9.00. The Morgan fingerprint density at radius 2 is 1.89 bits per heavy atom. The van der Waals surface area contributed by atoms with Gasteiger partial charge >= 0.3 is 11.9 Å². The van der Waals surface area contributed by atoms with E-state index < -0.39 is 17.4 Å². The van der Waals surface area contributed by atoms with E-state index in [4.69, 9.17) is 14.6 Å². The Morgan fingerprint density at radius 3 is 2.42 bits per heavy atom. The summed E-state index contributed by atoms with van der Waals surface area (Å²) in [6.07, 6.45) is 0. The molecule has 0 aliphatic rings. The van der Waals surface area contributed by atoms with Gasteiger partial charge in [0.25, 0.3) is 0 Å². The number of carbonyl (C=O) groups is 2. The van der Waals surface area contributed by atoms with Crippen LogP contribution in [0.15, 0.2) is 30.3 Å². The molecule has 104 valence electrons. The zero-order chi connectivity index (χ0) is 14.3. The summed E-state index contributed by atoms with van der Waals surface area (Å²) in [4.78, 5) is 22.9. The molecule has 0 heterocycles. The number of ether oxygens (including phenoxy) is 2. The molecular weight excluding hydrogens is 248 g/mol. The van der Waals surface area contributed by atoms with Crippen LogP contribution < -0.4 is 0 Å². The Morgan fingerprint density at radius 1 is 1.26 bits per heavy atom. The van der Waals surface area contributed by atoms with Crippen molar-refractivity contribution < 1.29 is 24.2 Å². The molecule has 0 saturated heterocycles. The predicted molar refractivity (Wildman–Crippen MR) is 68.5 cm³/mol. The quantitative estimate of drug-likeness (QED) is 0.602. The molecule has 0 spiro atoms. The Kier molecular flexibility index (Phi) is 5.51. The van der Waals surface area contributed by atoms with E-state index in [-0.39, 0.29) is 19.8 Å². The van der Waals surface area contributed by atoms with E-state index in [2.05, 4.69) is 0 Å². The van der Waals surface area contributed by atoms with Crippen LogP contribution in [0.1, 0.15) is 19.4 Å². The smallest absolute Gasteiger partial charge is 0.325 e. The van der Waals surface area contributed by atoms with Crippen LogP contribution in [-0.4, -0.2) is 30.3 Å². The Hall–Kier alpha value is -1.88. The Balaban J connectivity index is 2.60. The second kappa shape index (κ2) is 6.89. The van der Waals surface area contributed by atoms with Crippen LogP contribution in [0.3, 0.4) is 0 Å². The first-order valence-electron chi connectivity index (χ1n) is 6.03. The highest BCUT2D eigenvalue weighted by Crippen LogP contribution is 2.20. The minimum atomic E-state index is -1.68. The van der Waals surface area contributed by atoms with Crippen LogP contribution in [-0.2, 0) is 25.7 Å². The molecule has 0 amide bonds. The summed E-state index contributed by atoms with van der Waals surface area (Å²) in [5, 5.41) is 9.15. The van der Waals surface area contributed by atoms with Crippen LogP contribution >= 0.6 is 0 Å². The van der Waals surface area contributed by atoms with E-state index in [1.165, 1.54) is 6.92 Å². The van der Waals surface area contributed by atoms with E-state index in [0.717, 1.165) is 5.56 Å². The van der Waals surface area contributed by atoms with Crippen molar-refractivity contribution in [3.05, 3.63) is 35.9 Å². The normalized spacial score (nSPS) is 13.6. The molecule has 1 N–H and O–H groups in total. The fourth-order valence-corrected chi connectivity index (χ4v) is 1.45. The van der Waals surface area contributed by atoms with Gasteiger partial charge in [-0.3, -0.25) is 9.59 Å². The van der Waals surface area contributed by atoms with Gasteiger partial charge in [-0.15, -0.1) is 0 Å². The monoisotopic (exact) mass is 266 g/mol. The van der Waals surface area contributed by atoms with Gasteiger partial charge in [-0.2, -0.15) is 0 Å². The second-order valence-electron chi connectivity index (χ2n) is 4.34. The van der Waals surface area contributed by atoms with Gasteiger partial charge in [-0.05, 0) is 19.4 Å². The SMILES string of the molecule is CCOC(=O)[C@@](C)(COCc1ccccc1)C(=O)O. The van der Waals surface area contributed by atoms with Crippen molar-refractivity contribution in [3.8, 4) is 0 Å². The van der Waals surface area contributed by atoms with E-state index in [1.807, 2.05) is 30.3 Å². The van der Waals surface area contributed by atoms with Gasteiger partial charge in [0.15, 0.2) is 5.41 Å². The summed E-state index contributed by atoms with van der Waals surface area (Å²) < 4.78 is 10.1. The molecule has 0 radical (unpaired) electrons. The number of benzene rings is 1. The summed E-state index contributed by atoms with van der Waals surface area (Å²) in [5.74, 6) is -2.03. The van der Waals surface area contributed by atoms with Crippen molar-refractivity contribution >= 4 is 11.9 Å². The van der Waals surface area contributed by atoms with E-state index in [1.54, 1.807) is 6.92 Å². The number of carbonyl (C=O) groups excluding carboxylic acids is 1. The molecular formula is C14H18O5. The van der Waals surface area contributed by atoms with Gasteiger partial charge in [0.1, 0.15) is 0 Å². The summed E-state index contributed by atoms with van der Waals surface area (Å²) in [7, 11) is 0. The molecule has 0 fully saturated rings.